The Kier molecular flexibility index (Phi) is 5.61. The van der Waals surface area contributed by atoms with Crippen molar-refractivity contribution in [2.24, 2.45) is 5.92 Å². The van der Waals surface area contributed by atoms with E-state index >= 15 is 0 Å². The molecule has 0 unspecified atom stereocenters. The third-order valence-electron chi connectivity index (χ3n) is 5.51. The van der Waals surface area contributed by atoms with Gasteiger partial charge < -0.3 is 24.7 Å². The average molecular weight is 407 g/mol. The normalized spacial score (nSPS) is 16.3. The van der Waals surface area contributed by atoms with Gasteiger partial charge in [0.25, 0.3) is 5.91 Å². The van der Waals surface area contributed by atoms with Crippen LogP contribution in [0, 0.1) is 5.92 Å². The fraction of sp³-hybridized carbons (Fsp3) is 0.304. The van der Waals surface area contributed by atoms with Crippen LogP contribution in [-0.4, -0.2) is 49.0 Å². The number of nitrogens with one attached hydrogen (secondary N) is 2. The van der Waals surface area contributed by atoms with Crippen LogP contribution in [0.15, 0.2) is 48.5 Å². The summed E-state index contributed by atoms with van der Waals surface area (Å²) in [4.78, 5) is 30.8. The maximum atomic E-state index is 13.0. The third-order valence-corrected chi connectivity index (χ3v) is 5.51. The van der Waals surface area contributed by atoms with Gasteiger partial charge in [0.2, 0.25) is 5.91 Å². The number of amides is 2. The monoisotopic (exact) mass is 407 g/mol. The van der Waals surface area contributed by atoms with E-state index in [4.69, 9.17) is 9.47 Å². The molecule has 1 saturated heterocycles. The summed E-state index contributed by atoms with van der Waals surface area (Å²) in [6.07, 6.45) is 1.52. The molecule has 30 heavy (non-hydrogen) atoms. The molecule has 1 fully saturated rings. The molecule has 1 atom stereocenters. The molecule has 156 valence electrons. The molecule has 2 heterocycles. The lowest BCUT2D eigenvalue weighted by Gasteiger charge is -2.32. The van der Waals surface area contributed by atoms with Crippen LogP contribution in [0.3, 0.4) is 0 Å². The zero-order valence-corrected chi connectivity index (χ0v) is 17.1. The zero-order valence-electron chi connectivity index (χ0n) is 17.1. The van der Waals surface area contributed by atoms with Gasteiger partial charge in [0.1, 0.15) is 17.2 Å². The first kappa shape index (κ1) is 19.8. The van der Waals surface area contributed by atoms with Crippen molar-refractivity contribution in [3.05, 3.63) is 54.2 Å². The lowest BCUT2D eigenvalue weighted by atomic mass is 9.96. The quantitative estimate of drug-likeness (QED) is 0.676. The number of rotatable bonds is 5. The molecule has 0 bridgehead atoms. The molecule has 7 nitrogen and oxygen atoms in total. The number of ether oxygens (including phenoxy) is 2. The van der Waals surface area contributed by atoms with Crippen molar-refractivity contribution in [1.29, 1.82) is 0 Å². The van der Waals surface area contributed by atoms with Crippen LogP contribution in [0.25, 0.3) is 10.9 Å². The maximum absolute atomic E-state index is 13.0. The second-order valence-corrected chi connectivity index (χ2v) is 7.42. The molecule has 2 amide bonds. The molecule has 0 radical (unpaired) electrons. The number of carbonyl (C=O) groups excluding carboxylic acids is 2. The highest BCUT2D eigenvalue weighted by molar-refractivity contribution is 5.99. The number of hydrogen-bond acceptors (Lipinski definition) is 4. The minimum Gasteiger partial charge on any atom is -0.497 e. The van der Waals surface area contributed by atoms with Crippen molar-refractivity contribution in [2.75, 3.05) is 32.6 Å². The summed E-state index contributed by atoms with van der Waals surface area (Å²) in [7, 11) is 3.12. The summed E-state index contributed by atoms with van der Waals surface area (Å²) in [5, 5.41) is 3.94. The highest BCUT2D eigenvalue weighted by atomic mass is 16.5. The molecule has 7 heteroatoms. The number of anilines is 1. The van der Waals surface area contributed by atoms with Crippen molar-refractivity contribution < 1.29 is 19.1 Å². The van der Waals surface area contributed by atoms with E-state index < -0.39 is 0 Å². The number of piperidine rings is 1. The van der Waals surface area contributed by atoms with Gasteiger partial charge in [-0.2, -0.15) is 0 Å². The number of methoxy groups -OCH3 is 2. The standard InChI is InChI=1S/C23H25N3O4/c1-29-17-9-10-19(21(13-17)30-2)25-22(27)16-7-5-11-26(14-16)23(28)20-12-15-6-3-4-8-18(15)24-20/h3-4,6,8-10,12-13,16,24H,5,7,11,14H2,1-2H3,(H,25,27)/t16-/m0/s1. The fourth-order valence-corrected chi connectivity index (χ4v) is 3.87. The molecular formula is C23H25N3O4. The summed E-state index contributed by atoms with van der Waals surface area (Å²) in [6, 6.07) is 14.9. The number of carbonyl (C=O) groups is 2. The Morgan fingerprint density at radius 2 is 1.93 bits per heavy atom. The van der Waals surface area contributed by atoms with Crippen LogP contribution < -0.4 is 14.8 Å². The van der Waals surface area contributed by atoms with Gasteiger partial charge >= 0.3 is 0 Å². The van der Waals surface area contributed by atoms with Crippen molar-refractivity contribution in [1.82, 2.24) is 9.88 Å². The van der Waals surface area contributed by atoms with E-state index in [-0.39, 0.29) is 17.7 Å². The number of nitrogens with zero attached hydrogens (tertiary/aromatic N) is 1. The Hall–Kier alpha value is -3.48. The largest absolute Gasteiger partial charge is 0.497 e. The van der Waals surface area contributed by atoms with E-state index in [0.717, 1.165) is 23.7 Å². The lowest BCUT2D eigenvalue weighted by Crippen LogP contribution is -2.43. The van der Waals surface area contributed by atoms with Crippen molar-refractivity contribution in [3.8, 4) is 11.5 Å². The Morgan fingerprint density at radius 3 is 2.70 bits per heavy atom. The van der Waals surface area contributed by atoms with Gasteiger partial charge in [-0.05, 0) is 37.1 Å². The molecule has 0 saturated carbocycles. The molecule has 3 aromatic rings. The first-order valence-corrected chi connectivity index (χ1v) is 9.99. The number of hydrogen-bond donors (Lipinski definition) is 2. The number of para-hydroxylation sites is 1. The summed E-state index contributed by atoms with van der Waals surface area (Å²) in [6.45, 7) is 1.03. The second kappa shape index (κ2) is 8.49. The summed E-state index contributed by atoms with van der Waals surface area (Å²) in [5.41, 5.74) is 2.07. The number of fused-ring (bicyclic) bond motifs is 1. The van der Waals surface area contributed by atoms with E-state index in [1.54, 1.807) is 37.3 Å². The summed E-state index contributed by atoms with van der Waals surface area (Å²) >= 11 is 0. The van der Waals surface area contributed by atoms with Gasteiger partial charge in [-0.15, -0.1) is 0 Å². The lowest BCUT2D eigenvalue weighted by molar-refractivity contribution is -0.121. The van der Waals surface area contributed by atoms with E-state index in [1.165, 1.54) is 0 Å². The van der Waals surface area contributed by atoms with E-state index in [9.17, 15) is 9.59 Å². The van der Waals surface area contributed by atoms with Gasteiger partial charge in [0, 0.05) is 30.1 Å². The van der Waals surface area contributed by atoms with Gasteiger partial charge in [-0.3, -0.25) is 9.59 Å². The molecule has 0 spiro atoms. The van der Waals surface area contributed by atoms with Crippen LogP contribution in [0.2, 0.25) is 0 Å². The minimum atomic E-state index is -0.279. The number of benzene rings is 2. The molecule has 2 N–H and O–H groups in total. The second-order valence-electron chi connectivity index (χ2n) is 7.42. The predicted octanol–water partition coefficient (Wildman–Crippen LogP) is 3.68. The number of aromatic amines is 1. The van der Waals surface area contributed by atoms with Crippen LogP contribution in [0.5, 0.6) is 11.5 Å². The molecule has 1 aliphatic rings. The summed E-state index contributed by atoms with van der Waals surface area (Å²) < 4.78 is 10.6. The Bertz CT molecular complexity index is 1040. The third kappa shape index (κ3) is 3.96. The fourth-order valence-electron chi connectivity index (χ4n) is 3.87. The van der Waals surface area contributed by atoms with Crippen LogP contribution >= 0.6 is 0 Å². The van der Waals surface area contributed by atoms with E-state index in [2.05, 4.69) is 10.3 Å². The molecule has 1 aliphatic heterocycles. The summed E-state index contributed by atoms with van der Waals surface area (Å²) in [5.74, 6) is 0.708. The van der Waals surface area contributed by atoms with Crippen molar-refractivity contribution in [3.63, 3.8) is 0 Å². The average Bonchev–Trinajstić information content (AvgIpc) is 3.23. The smallest absolute Gasteiger partial charge is 0.270 e. The molecule has 2 aromatic carbocycles. The van der Waals surface area contributed by atoms with Gasteiger partial charge in [-0.25, -0.2) is 0 Å². The Morgan fingerprint density at radius 1 is 1.10 bits per heavy atom. The number of likely N-dealkylation sites (tertiary alicyclic amines) is 1. The zero-order chi connectivity index (χ0) is 21.1. The van der Waals surface area contributed by atoms with Crippen LogP contribution in [0.1, 0.15) is 23.3 Å². The minimum absolute atomic E-state index is 0.0780. The van der Waals surface area contributed by atoms with Crippen LogP contribution in [0.4, 0.5) is 5.69 Å². The molecule has 4 rings (SSSR count). The number of aromatic nitrogens is 1. The molecule has 0 aliphatic carbocycles. The SMILES string of the molecule is COc1ccc(NC(=O)[C@H]2CCCN(C(=O)c3cc4ccccc4[nH]3)C2)c(OC)c1. The van der Waals surface area contributed by atoms with Gasteiger partial charge in [0.05, 0.1) is 25.8 Å². The molecular weight excluding hydrogens is 382 g/mol. The topological polar surface area (TPSA) is 83.7 Å². The predicted molar refractivity (Wildman–Crippen MR) is 115 cm³/mol. The van der Waals surface area contributed by atoms with Gasteiger partial charge in [-0.1, -0.05) is 18.2 Å². The molecule has 1 aromatic heterocycles. The van der Waals surface area contributed by atoms with Gasteiger partial charge in [0.15, 0.2) is 0 Å². The Labute approximate surface area is 175 Å². The van der Waals surface area contributed by atoms with Crippen molar-refractivity contribution >= 4 is 28.4 Å². The highest BCUT2D eigenvalue weighted by Crippen LogP contribution is 2.30. The first-order valence-electron chi connectivity index (χ1n) is 9.99. The van der Waals surface area contributed by atoms with E-state index in [0.29, 0.717) is 36.0 Å². The van der Waals surface area contributed by atoms with E-state index in [1.807, 2.05) is 30.3 Å². The number of H-pyrrole nitrogens is 1. The van der Waals surface area contributed by atoms with Crippen molar-refractivity contribution in [2.45, 2.75) is 12.8 Å². The van der Waals surface area contributed by atoms with Crippen LogP contribution in [-0.2, 0) is 4.79 Å². The maximum Gasteiger partial charge on any atom is 0.270 e. The first-order chi connectivity index (χ1) is 14.6. The Balaban J connectivity index is 1.45. The highest BCUT2D eigenvalue weighted by Gasteiger charge is 2.30.